The number of aromatic nitrogens is 2. The normalized spacial score (nSPS) is 14.1. The molecule has 0 saturated heterocycles. The number of hydrogen-bond donors (Lipinski definition) is 2. The van der Waals surface area contributed by atoms with E-state index < -0.39 is 15.6 Å². The van der Waals surface area contributed by atoms with Crippen LogP contribution in [0.25, 0.3) is 11.7 Å². The largest absolute Gasteiger partial charge is 0.438 e. The summed E-state index contributed by atoms with van der Waals surface area (Å²) >= 11 is 0. The smallest absolute Gasteiger partial charge is 0.293 e. The highest BCUT2D eigenvalue weighted by atomic mass is 32.2. The van der Waals surface area contributed by atoms with Crippen molar-refractivity contribution in [2.24, 2.45) is 0 Å². The van der Waals surface area contributed by atoms with Crippen molar-refractivity contribution in [3.63, 3.8) is 0 Å². The molecular formula is C14H22N4O4S. The molecule has 1 atom stereocenters. The number of nitrogens with zero attached hydrogens (tertiary/aromatic N) is 2. The van der Waals surface area contributed by atoms with Gasteiger partial charge in [-0.15, -0.1) is 0 Å². The first kappa shape index (κ1) is 17.6. The van der Waals surface area contributed by atoms with E-state index in [1.54, 1.807) is 20.8 Å². The van der Waals surface area contributed by atoms with Crippen molar-refractivity contribution in [2.45, 2.75) is 50.8 Å². The molecule has 2 heterocycles. The molecule has 0 aliphatic carbocycles. The fourth-order valence-corrected chi connectivity index (χ4v) is 3.20. The third-order valence-corrected chi connectivity index (χ3v) is 4.58. The SMILES string of the molecule is CNC(C)Cc1noc(-c2ccc(S(=O)(=O)NC(C)(C)C)o2)n1. The predicted molar refractivity (Wildman–Crippen MR) is 84.3 cm³/mol. The van der Waals surface area contributed by atoms with E-state index in [1.807, 2.05) is 14.0 Å². The fourth-order valence-electron chi connectivity index (χ4n) is 1.85. The molecule has 0 fully saturated rings. The third kappa shape index (κ3) is 4.63. The Morgan fingerprint density at radius 2 is 2.00 bits per heavy atom. The predicted octanol–water partition coefficient (Wildman–Crippen LogP) is 1.56. The Morgan fingerprint density at radius 1 is 1.30 bits per heavy atom. The molecule has 0 amide bonds. The van der Waals surface area contributed by atoms with Gasteiger partial charge in [-0.25, -0.2) is 13.1 Å². The van der Waals surface area contributed by atoms with Crippen LogP contribution >= 0.6 is 0 Å². The number of furan rings is 1. The second-order valence-corrected chi connectivity index (χ2v) is 8.00. The van der Waals surface area contributed by atoms with E-state index in [0.29, 0.717) is 12.2 Å². The molecule has 128 valence electrons. The van der Waals surface area contributed by atoms with Gasteiger partial charge in [0.25, 0.3) is 15.9 Å². The second kappa shape index (κ2) is 6.42. The summed E-state index contributed by atoms with van der Waals surface area (Å²) in [5.74, 6) is 0.895. The summed E-state index contributed by atoms with van der Waals surface area (Å²) in [6, 6.07) is 3.06. The lowest BCUT2D eigenvalue weighted by atomic mass is 10.1. The first-order valence-electron chi connectivity index (χ1n) is 7.25. The van der Waals surface area contributed by atoms with E-state index in [4.69, 9.17) is 8.94 Å². The van der Waals surface area contributed by atoms with E-state index in [0.717, 1.165) is 0 Å². The van der Waals surface area contributed by atoms with Gasteiger partial charge >= 0.3 is 0 Å². The van der Waals surface area contributed by atoms with E-state index in [9.17, 15) is 8.42 Å². The Hall–Kier alpha value is -1.71. The first-order valence-corrected chi connectivity index (χ1v) is 8.73. The molecule has 9 heteroatoms. The Morgan fingerprint density at radius 3 is 2.61 bits per heavy atom. The van der Waals surface area contributed by atoms with Crippen molar-refractivity contribution >= 4 is 10.0 Å². The minimum absolute atomic E-state index is 0.153. The van der Waals surface area contributed by atoms with Crippen molar-refractivity contribution in [3.8, 4) is 11.7 Å². The molecule has 0 bridgehead atoms. The van der Waals surface area contributed by atoms with Crippen LogP contribution in [0, 0.1) is 0 Å². The van der Waals surface area contributed by atoms with Crippen molar-refractivity contribution in [1.29, 1.82) is 0 Å². The molecule has 23 heavy (non-hydrogen) atoms. The zero-order valence-electron chi connectivity index (χ0n) is 13.9. The quantitative estimate of drug-likeness (QED) is 0.819. The van der Waals surface area contributed by atoms with Gasteiger partial charge in [-0.1, -0.05) is 5.16 Å². The third-order valence-electron chi connectivity index (χ3n) is 2.95. The zero-order valence-corrected chi connectivity index (χ0v) is 14.7. The van der Waals surface area contributed by atoms with E-state index in [-0.39, 0.29) is 22.8 Å². The van der Waals surface area contributed by atoms with Crippen LogP contribution in [0.3, 0.4) is 0 Å². The lowest BCUT2D eigenvalue weighted by Crippen LogP contribution is -2.40. The molecule has 0 radical (unpaired) electrons. The summed E-state index contributed by atoms with van der Waals surface area (Å²) in [7, 11) is -1.89. The van der Waals surface area contributed by atoms with Gasteiger partial charge in [0.1, 0.15) is 0 Å². The number of rotatable bonds is 6. The highest BCUT2D eigenvalue weighted by Gasteiger charge is 2.26. The monoisotopic (exact) mass is 342 g/mol. The van der Waals surface area contributed by atoms with Crippen LogP contribution in [-0.2, 0) is 16.4 Å². The molecule has 1 unspecified atom stereocenters. The van der Waals surface area contributed by atoms with Crippen LogP contribution in [0.5, 0.6) is 0 Å². The van der Waals surface area contributed by atoms with Crippen molar-refractivity contribution in [3.05, 3.63) is 18.0 Å². The Bertz CT molecular complexity index is 758. The van der Waals surface area contributed by atoms with Gasteiger partial charge in [-0.05, 0) is 46.9 Å². The summed E-state index contributed by atoms with van der Waals surface area (Å²) in [5.41, 5.74) is -0.604. The van der Waals surface area contributed by atoms with Crippen LogP contribution in [0.1, 0.15) is 33.5 Å². The van der Waals surface area contributed by atoms with Crippen LogP contribution in [-0.4, -0.2) is 37.2 Å². The average molecular weight is 342 g/mol. The van der Waals surface area contributed by atoms with Crippen molar-refractivity contribution < 1.29 is 17.4 Å². The summed E-state index contributed by atoms with van der Waals surface area (Å²) in [4.78, 5) is 4.21. The Labute approximate surface area is 135 Å². The molecule has 2 rings (SSSR count). The molecule has 0 aromatic carbocycles. The molecule has 0 aliphatic heterocycles. The second-order valence-electron chi connectivity index (χ2n) is 6.38. The first-order chi connectivity index (χ1) is 10.6. The molecule has 0 spiro atoms. The number of nitrogens with one attached hydrogen (secondary N) is 2. The van der Waals surface area contributed by atoms with Gasteiger partial charge in [0, 0.05) is 18.0 Å². The highest BCUT2D eigenvalue weighted by molar-refractivity contribution is 7.89. The number of likely N-dealkylation sites (N-methyl/N-ethyl adjacent to an activating group) is 1. The number of hydrogen-bond acceptors (Lipinski definition) is 7. The molecule has 2 aromatic rings. The van der Waals surface area contributed by atoms with E-state index in [2.05, 4.69) is 20.2 Å². The standard InChI is InChI=1S/C14H22N4O4S/c1-9(15-5)8-11-16-13(22-17-11)10-6-7-12(21-10)23(19,20)18-14(2,3)4/h6-7,9,15,18H,8H2,1-5H3. The lowest BCUT2D eigenvalue weighted by molar-refractivity contribution is 0.389. The van der Waals surface area contributed by atoms with Gasteiger partial charge in [-0.3, -0.25) is 0 Å². The van der Waals surface area contributed by atoms with Crippen molar-refractivity contribution in [1.82, 2.24) is 20.2 Å². The minimum Gasteiger partial charge on any atom is -0.438 e. The number of sulfonamides is 1. The molecular weight excluding hydrogens is 320 g/mol. The highest BCUT2D eigenvalue weighted by Crippen LogP contribution is 2.24. The van der Waals surface area contributed by atoms with E-state index >= 15 is 0 Å². The molecule has 0 aliphatic rings. The molecule has 2 N–H and O–H groups in total. The van der Waals surface area contributed by atoms with Crippen LogP contribution in [0.15, 0.2) is 26.2 Å². The lowest BCUT2D eigenvalue weighted by Gasteiger charge is -2.18. The van der Waals surface area contributed by atoms with Gasteiger partial charge in [0.2, 0.25) is 5.09 Å². The Kier molecular flexibility index (Phi) is 4.92. The van der Waals surface area contributed by atoms with Gasteiger partial charge in [0.15, 0.2) is 11.6 Å². The summed E-state index contributed by atoms with van der Waals surface area (Å²) in [6.45, 7) is 7.25. The van der Waals surface area contributed by atoms with E-state index in [1.165, 1.54) is 12.1 Å². The van der Waals surface area contributed by atoms with Crippen LogP contribution < -0.4 is 10.0 Å². The molecule has 2 aromatic heterocycles. The maximum absolute atomic E-state index is 12.2. The maximum Gasteiger partial charge on any atom is 0.293 e. The topological polar surface area (TPSA) is 110 Å². The summed E-state index contributed by atoms with van der Waals surface area (Å²) < 4.78 is 37.4. The fraction of sp³-hybridized carbons (Fsp3) is 0.571. The van der Waals surface area contributed by atoms with Gasteiger partial charge in [-0.2, -0.15) is 4.98 Å². The van der Waals surface area contributed by atoms with Crippen LogP contribution in [0.4, 0.5) is 0 Å². The Balaban J connectivity index is 2.20. The van der Waals surface area contributed by atoms with Gasteiger partial charge < -0.3 is 14.3 Å². The maximum atomic E-state index is 12.2. The molecule has 0 saturated carbocycles. The summed E-state index contributed by atoms with van der Waals surface area (Å²) in [6.07, 6.45) is 0.595. The average Bonchev–Trinajstić information content (AvgIpc) is 3.03. The zero-order chi connectivity index (χ0) is 17.3. The van der Waals surface area contributed by atoms with Crippen molar-refractivity contribution in [2.75, 3.05) is 7.05 Å². The summed E-state index contributed by atoms with van der Waals surface area (Å²) in [5, 5.41) is 6.75. The van der Waals surface area contributed by atoms with Crippen LogP contribution in [0.2, 0.25) is 0 Å². The minimum atomic E-state index is -3.74. The molecule has 8 nitrogen and oxygen atoms in total. The van der Waals surface area contributed by atoms with Gasteiger partial charge in [0.05, 0.1) is 0 Å².